The van der Waals surface area contributed by atoms with E-state index in [4.69, 9.17) is 8.83 Å². The van der Waals surface area contributed by atoms with Crippen LogP contribution in [0.2, 0.25) is 0 Å². The van der Waals surface area contributed by atoms with Crippen LogP contribution in [0.3, 0.4) is 0 Å². The maximum atomic E-state index is 12.0. The van der Waals surface area contributed by atoms with Crippen LogP contribution in [-0.2, 0) is 11.2 Å². The molecule has 2 heterocycles. The molecule has 6 heteroatoms. The first-order valence-electron chi connectivity index (χ1n) is 8.47. The van der Waals surface area contributed by atoms with Crippen LogP contribution in [0.15, 0.2) is 57.6 Å². The summed E-state index contributed by atoms with van der Waals surface area (Å²) in [5.74, 6) is 0.554. The van der Waals surface area contributed by atoms with Crippen molar-refractivity contribution in [2.45, 2.75) is 13.3 Å². The average Bonchev–Trinajstić information content (AvgIpc) is 3.31. The van der Waals surface area contributed by atoms with Gasteiger partial charge in [0.2, 0.25) is 5.91 Å². The van der Waals surface area contributed by atoms with Crippen molar-refractivity contribution in [1.29, 1.82) is 0 Å². The largest absolute Gasteiger partial charge is 0.460 e. The van der Waals surface area contributed by atoms with Gasteiger partial charge in [0.1, 0.15) is 11.3 Å². The van der Waals surface area contributed by atoms with Gasteiger partial charge in [-0.1, -0.05) is 25.1 Å². The number of furan rings is 2. The number of rotatable bonds is 7. The third-order valence-corrected chi connectivity index (χ3v) is 3.89. The quantitative estimate of drug-likeness (QED) is 0.505. The molecule has 0 fully saturated rings. The minimum Gasteiger partial charge on any atom is -0.460 e. The molecule has 0 unspecified atom stereocenters. The second kappa shape index (κ2) is 8.20. The predicted octanol–water partition coefficient (Wildman–Crippen LogP) is 3.15. The van der Waals surface area contributed by atoms with Gasteiger partial charge in [-0.25, -0.2) is 0 Å². The van der Waals surface area contributed by atoms with Crippen molar-refractivity contribution in [1.82, 2.24) is 10.6 Å². The molecule has 6 nitrogen and oxygen atoms in total. The Morgan fingerprint density at radius 2 is 1.88 bits per heavy atom. The summed E-state index contributed by atoms with van der Waals surface area (Å²) in [7, 11) is 0. The fourth-order valence-corrected chi connectivity index (χ4v) is 2.64. The number of benzene rings is 1. The molecule has 0 saturated heterocycles. The maximum Gasteiger partial charge on any atom is 0.287 e. The fraction of sp³-hybridized carbons (Fsp3) is 0.200. The molecule has 0 radical (unpaired) electrons. The molecule has 26 heavy (non-hydrogen) atoms. The monoisotopic (exact) mass is 352 g/mol. The Morgan fingerprint density at radius 1 is 1.08 bits per heavy atom. The molecule has 1 aromatic carbocycles. The average molecular weight is 352 g/mol. The van der Waals surface area contributed by atoms with Crippen molar-refractivity contribution in [2.24, 2.45) is 0 Å². The summed E-state index contributed by atoms with van der Waals surface area (Å²) in [6.07, 6.45) is 5.42. The van der Waals surface area contributed by atoms with Gasteiger partial charge in [0.25, 0.3) is 5.91 Å². The van der Waals surface area contributed by atoms with Crippen molar-refractivity contribution >= 4 is 28.9 Å². The number of fused-ring (bicyclic) bond motifs is 1. The molecular weight excluding hydrogens is 332 g/mol. The SMILES string of the molecule is CCc1oc2ccccc2c1/C=C/C(=O)NCCNC(=O)c1ccco1. The minimum atomic E-state index is -0.308. The summed E-state index contributed by atoms with van der Waals surface area (Å²) in [5.41, 5.74) is 1.73. The van der Waals surface area contributed by atoms with Crippen molar-refractivity contribution in [2.75, 3.05) is 13.1 Å². The third-order valence-electron chi connectivity index (χ3n) is 3.89. The molecular formula is C20H20N2O4. The van der Waals surface area contributed by atoms with E-state index in [2.05, 4.69) is 10.6 Å². The van der Waals surface area contributed by atoms with Gasteiger partial charge < -0.3 is 19.5 Å². The first-order chi connectivity index (χ1) is 12.7. The van der Waals surface area contributed by atoms with Crippen LogP contribution in [0.4, 0.5) is 0 Å². The molecule has 0 aliphatic rings. The highest BCUT2D eigenvalue weighted by atomic mass is 16.3. The minimum absolute atomic E-state index is 0.232. The lowest BCUT2D eigenvalue weighted by atomic mass is 10.1. The normalized spacial score (nSPS) is 11.1. The maximum absolute atomic E-state index is 12.0. The van der Waals surface area contributed by atoms with Crippen LogP contribution >= 0.6 is 0 Å². The lowest BCUT2D eigenvalue weighted by molar-refractivity contribution is -0.116. The summed E-state index contributed by atoms with van der Waals surface area (Å²) in [6, 6.07) is 11.0. The van der Waals surface area contributed by atoms with Gasteiger partial charge in [0.05, 0.1) is 6.26 Å². The molecule has 0 saturated carbocycles. The van der Waals surface area contributed by atoms with Crippen LogP contribution in [0.1, 0.15) is 28.8 Å². The molecule has 2 amide bonds. The van der Waals surface area contributed by atoms with E-state index in [1.54, 1.807) is 18.2 Å². The topological polar surface area (TPSA) is 84.5 Å². The van der Waals surface area contributed by atoms with Gasteiger partial charge in [-0.15, -0.1) is 0 Å². The number of carbonyl (C=O) groups excluding carboxylic acids is 2. The zero-order chi connectivity index (χ0) is 18.4. The summed E-state index contributed by atoms with van der Waals surface area (Å²) < 4.78 is 10.8. The summed E-state index contributed by atoms with van der Waals surface area (Å²) in [4.78, 5) is 23.7. The van der Waals surface area contributed by atoms with E-state index in [-0.39, 0.29) is 17.6 Å². The highest BCUT2D eigenvalue weighted by Crippen LogP contribution is 2.27. The third kappa shape index (κ3) is 4.03. The molecule has 0 bridgehead atoms. The van der Waals surface area contributed by atoms with E-state index in [1.807, 2.05) is 31.2 Å². The zero-order valence-electron chi connectivity index (χ0n) is 14.5. The molecule has 3 aromatic rings. The smallest absolute Gasteiger partial charge is 0.287 e. The van der Waals surface area contributed by atoms with Gasteiger partial charge in [-0.3, -0.25) is 9.59 Å². The standard InChI is InChI=1S/C20H20N2O4/c1-2-16-15(14-6-3-4-7-17(14)26-16)9-10-19(23)21-11-12-22-20(24)18-8-5-13-25-18/h3-10,13H,2,11-12H2,1H3,(H,21,23)(H,22,24)/b10-9+. The van der Waals surface area contributed by atoms with Gasteiger partial charge in [0.15, 0.2) is 5.76 Å². The molecule has 0 aliphatic heterocycles. The van der Waals surface area contributed by atoms with E-state index < -0.39 is 0 Å². The number of carbonyl (C=O) groups is 2. The second-order valence-electron chi connectivity index (χ2n) is 5.65. The molecule has 3 rings (SSSR count). The van der Waals surface area contributed by atoms with E-state index in [0.29, 0.717) is 13.1 Å². The number of amides is 2. The molecule has 134 valence electrons. The van der Waals surface area contributed by atoms with Gasteiger partial charge in [-0.2, -0.15) is 0 Å². The van der Waals surface area contributed by atoms with Crippen LogP contribution in [-0.4, -0.2) is 24.9 Å². The molecule has 0 aliphatic carbocycles. The molecule has 0 atom stereocenters. The molecule has 2 N–H and O–H groups in total. The van der Waals surface area contributed by atoms with E-state index >= 15 is 0 Å². The first kappa shape index (κ1) is 17.5. The Balaban J connectivity index is 1.53. The van der Waals surface area contributed by atoms with Crippen LogP contribution in [0.5, 0.6) is 0 Å². The number of nitrogens with one attached hydrogen (secondary N) is 2. The summed E-state index contributed by atoms with van der Waals surface area (Å²) in [5, 5.41) is 6.38. The van der Waals surface area contributed by atoms with Crippen molar-refractivity contribution in [3.63, 3.8) is 0 Å². The number of aryl methyl sites for hydroxylation is 1. The van der Waals surface area contributed by atoms with Crippen molar-refractivity contribution < 1.29 is 18.4 Å². The van der Waals surface area contributed by atoms with Gasteiger partial charge >= 0.3 is 0 Å². The van der Waals surface area contributed by atoms with E-state index in [9.17, 15) is 9.59 Å². The number of hydrogen-bond acceptors (Lipinski definition) is 4. The van der Waals surface area contributed by atoms with Gasteiger partial charge in [0, 0.05) is 36.5 Å². The lowest BCUT2D eigenvalue weighted by Gasteiger charge is -2.04. The highest BCUT2D eigenvalue weighted by Gasteiger charge is 2.10. The van der Waals surface area contributed by atoms with Crippen LogP contribution in [0, 0.1) is 0 Å². The van der Waals surface area contributed by atoms with Crippen LogP contribution < -0.4 is 10.6 Å². The van der Waals surface area contributed by atoms with Crippen LogP contribution in [0.25, 0.3) is 17.0 Å². The number of hydrogen-bond donors (Lipinski definition) is 2. The Bertz CT molecular complexity index is 923. The first-order valence-corrected chi connectivity index (χ1v) is 8.47. The van der Waals surface area contributed by atoms with E-state index in [1.165, 1.54) is 12.3 Å². The Kier molecular flexibility index (Phi) is 5.53. The lowest BCUT2D eigenvalue weighted by Crippen LogP contribution is -2.33. The Morgan fingerprint density at radius 3 is 2.65 bits per heavy atom. The molecule has 2 aromatic heterocycles. The summed E-state index contributed by atoms with van der Waals surface area (Å²) >= 11 is 0. The Hall–Kier alpha value is -3.28. The van der Waals surface area contributed by atoms with E-state index in [0.717, 1.165) is 28.7 Å². The Labute approximate surface area is 150 Å². The van der Waals surface area contributed by atoms with Gasteiger partial charge in [-0.05, 0) is 24.3 Å². The second-order valence-corrected chi connectivity index (χ2v) is 5.65. The predicted molar refractivity (Wildman–Crippen MR) is 98.7 cm³/mol. The summed E-state index contributed by atoms with van der Waals surface area (Å²) in [6.45, 7) is 2.65. The number of para-hydroxylation sites is 1. The molecule has 0 spiro atoms. The zero-order valence-corrected chi connectivity index (χ0v) is 14.5. The van der Waals surface area contributed by atoms with Crippen molar-refractivity contribution in [3.05, 3.63) is 65.8 Å². The fourth-order valence-electron chi connectivity index (χ4n) is 2.64. The van der Waals surface area contributed by atoms with Crippen molar-refractivity contribution in [3.8, 4) is 0 Å². The highest BCUT2D eigenvalue weighted by molar-refractivity contribution is 5.96.